The lowest BCUT2D eigenvalue weighted by Crippen LogP contribution is -2.41. The first kappa shape index (κ1) is 17.3. The summed E-state index contributed by atoms with van der Waals surface area (Å²) in [5.41, 5.74) is 1.69. The zero-order valence-electron chi connectivity index (χ0n) is 14.4. The third kappa shape index (κ3) is 4.53. The molecule has 0 aliphatic heterocycles. The lowest BCUT2D eigenvalue weighted by atomic mass is 10.1. The topological polar surface area (TPSA) is 81.2 Å². The number of fused-ring (bicyclic) bond motifs is 1. The monoisotopic (exact) mass is 341 g/mol. The van der Waals surface area contributed by atoms with Crippen LogP contribution in [0.15, 0.2) is 30.6 Å². The van der Waals surface area contributed by atoms with E-state index in [9.17, 15) is 9.59 Å². The van der Waals surface area contributed by atoms with E-state index in [1.807, 2.05) is 0 Å². The number of ether oxygens (including phenoxy) is 1. The van der Waals surface area contributed by atoms with Crippen molar-refractivity contribution >= 4 is 22.9 Å². The largest absolute Gasteiger partial charge is 0.449 e. The third-order valence-corrected chi connectivity index (χ3v) is 4.56. The number of carbonyl (C=O) groups is 2. The fourth-order valence-corrected chi connectivity index (χ4v) is 3.11. The molecule has 1 aliphatic carbocycles. The number of carbonyl (C=O) groups excluding carboxylic acids is 2. The highest BCUT2D eigenvalue weighted by Crippen LogP contribution is 2.18. The van der Waals surface area contributed by atoms with E-state index < -0.39 is 12.1 Å². The van der Waals surface area contributed by atoms with Gasteiger partial charge < -0.3 is 10.1 Å². The zero-order valence-corrected chi connectivity index (χ0v) is 14.4. The molecule has 1 fully saturated rings. The molecular weight excluding hydrogens is 318 g/mol. The molecule has 1 amide bonds. The Balaban J connectivity index is 1.59. The molecule has 1 aromatic carbocycles. The summed E-state index contributed by atoms with van der Waals surface area (Å²) in [6.45, 7) is 1.60. The van der Waals surface area contributed by atoms with Crippen LogP contribution in [0, 0.1) is 0 Å². The molecule has 1 heterocycles. The Kier molecular flexibility index (Phi) is 5.58. The highest BCUT2D eigenvalue weighted by Gasteiger charge is 2.22. The summed E-state index contributed by atoms with van der Waals surface area (Å²) < 4.78 is 5.32. The Bertz CT molecular complexity index is 754. The van der Waals surface area contributed by atoms with E-state index >= 15 is 0 Å². The normalized spacial score (nSPS) is 16.8. The Morgan fingerprint density at radius 1 is 1.08 bits per heavy atom. The van der Waals surface area contributed by atoms with Crippen molar-refractivity contribution < 1.29 is 14.3 Å². The zero-order chi connectivity index (χ0) is 17.6. The molecule has 0 spiro atoms. The van der Waals surface area contributed by atoms with Crippen molar-refractivity contribution in [2.45, 2.75) is 57.6 Å². The van der Waals surface area contributed by atoms with E-state index in [0.29, 0.717) is 16.6 Å². The molecule has 2 aromatic rings. The van der Waals surface area contributed by atoms with Crippen molar-refractivity contribution in [2.75, 3.05) is 0 Å². The molecule has 3 rings (SSSR count). The first-order valence-corrected chi connectivity index (χ1v) is 8.85. The number of nitrogens with zero attached hydrogens (tertiary/aromatic N) is 2. The number of amides is 1. The van der Waals surface area contributed by atoms with Crippen LogP contribution in [-0.4, -0.2) is 34.0 Å². The van der Waals surface area contributed by atoms with Gasteiger partial charge in [0.1, 0.15) is 0 Å². The Morgan fingerprint density at radius 2 is 1.76 bits per heavy atom. The number of nitrogens with one attached hydrogen (secondary N) is 1. The van der Waals surface area contributed by atoms with Gasteiger partial charge in [0.25, 0.3) is 5.91 Å². The van der Waals surface area contributed by atoms with E-state index in [2.05, 4.69) is 15.3 Å². The van der Waals surface area contributed by atoms with Gasteiger partial charge in [0.15, 0.2) is 6.10 Å². The van der Waals surface area contributed by atoms with Gasteiger partial charge in [-0.1, -0.05) is 25.7 Å². The van der Waals surface area contributed by atoms with Crippen molar-refractivity contribution in [3.8, 4) is 0 Å². The van der Waals surface area contributed by atoms with Crippen molar-refractivity contribution in [3.05, 3.63) is 36.2 Å². The number of benzene rings is 1. The lowest BCUT2D eigenvalue weighted by molar-refractivity contribution is -0.129. The fourth-order valence-electron chi connectivity index (χ4n) is 3.11. The summed E-state index contributed by atoms with van der Waals surface area (Å²) in [6, 6.07) is 5.16. The second-order valence-electron chi connectivity index (χ2n) is 6.50. The molecule has 1 aromatic heterocycles. The highest BCUT2D eigenvalue weighted by molar-refractivity contribution is 5.95. The number of rotatable bonds is 4. The fraction of sp³-hybridized carbons (Fsp3) is 0.474. The maximum atomic E-state index is 12.3. The number of aromatic nitrogens is 2. The molecule has 1 aliphatic rings. The minimum absolute atomic E-state index is 0.187. The lowest BCUT2D eigenvalue weighted by Gasteiger charge is -2.19. The molecule has 0 bridgehead atoms. The Hall–Kier alpha value is -2.50. The molecule has 132 valence electrons. The first-order valence-electron chi connectivity index (χ1n) is 8.85. The standard InChI is InChI=1S/C19H23N3O3/c1-13(18(23)22-15-6-4-2-3-5-7-15)25-19(24)14-8-9-16-17(12-14)21-11-10-20-16/h8-13,15H,2-7H2,1H3,(H,22,23)/t13-/m1/s1. The molecule has 6 nitrogen and oxygen atoms in total. The summed E-state index contributed by atoms with van der Waals surface area (Å²) >= 11 is 0. The van der Waals surface area contributed by atoms with Crippen molar-refractivity contribution in [1.29, 1.82) is 0 Å². The maximum absolute atomic E-state index is 12.3. The summed E-state index contributed by atoms with van der Waals surface area (Å²) in [6.07, 6.45) is 9.05. The van der Waals surface area contributed by atoms with Crippen LogP contribution < -0.4 is 5.32 Å². The summed E-state index contributed by atoms with van der Waals surface area (Å²) in [5, 5.41) is 3.01. The molecule has 1 saturated carbocycles. The van der Waals surface area contributed by atoms with Crippen LogP contribution in [0.2, 0.25) is 0 Å². The molecule has 6 heteroatoms. The molecular formula is C19H23N3O3. The summed E-state index contributed by atoms with van der Waals surface area (Å²) in [4.78, 5) is 32.9. The Labute approximate surface area is 147 Å². The van der Waals surface area contributed by atoms with Gasteiger partial charge in [-0.15, -0.1) is 0 Å². The second kappa shape index (κ2) is 8.05. The van der Waals surface area contributed by atoms with Crippen LogP contribution in [0.4, 0.5) is 0 Å². The summed E-state index contributed by atoms with van der Waals surface area (Å²) in [7, 11) is 0. The van der Waals surface area contributed by atoms with Crippen LogP contribution in [0.1, 0.15) is 55.8 Å². The maximum Gasteiger partial charge on any atom is 0.338 e. The van der Waals surface area contributed by atoms with E-state index in [1.54, 1.807) is 37.5 Å². The van der Waals surface area contributed by atoms with E-state index in [4.69, 9.17) is 4.74 Å². The molecule has 0 saturated heterocycles. The highest BCUT2D eigenvalue weighted by atomic mass is 16.5. The Morgan fingerprint density at radius 3 is 2.48 bits per heavy atom. The second-order valence-corrected chi connectivity index (χ2v) is 6.50. The van der Waals surface area contributed by atoms with Crippen LogP contribution in [0.5, 0.6) is 0 Å². The third-order valence-electron chi connectivity index (χ3n) is 4.56. The smallest absolute Gasteiger partial charge is 0.338 e. The average Bonchev–Trinajstić information content (AvgIpc) is 2.89. The quantitative estimate of drug-likeness (QED) is 0.683. The van der Waals surface area contributed by atoms with Gasteiger partial charge in [-0.2, -0.15) is 0 Å². The SMILES string of the molecule is C[C@@H](OC(=O)c1ccc2nccnc2c1)C(=O)NC1CCCCCC1. The van der Waals surface area contributed by atoms with Crippen molar-refractivity contribution in [3.63, 3.8) is 0 Å². The average molecular weight is 341 g/mol. The van der Waals surface area contributed by atoms with Gasteiger partial charge in [-0.05, 0) is 38.0 Å². The van der Waals surface area contributed by atoms with Gasteiger partial charge in [-0.3, -0.25) is 14.8 Å². The van der Waals surface area contributed by atoms with Gasteiger partial charge in [-0.25, -0.2) is 4.79 Å². The van der Waals surface area contributed by atoms with Gasteiger partial charge in [0.2, 0.25) is 0 Å². The van der Waals surface area contributed by atoms with E-state index in [1.165, 1.54) is 12.8 Å². The van der Waals surface area contributed by atoms with Crippen molar-refractivity contribution in [2.24, 2.45) is 0 Å². The molecule has 0 radical (unpaired) electrons. The van der Waals surface area contributed by atoms with Crippen molar-refractivity contribution in [1.82, 2.24) is 15.3 Å². The predicted octanol–water partition coefficient (Wildman–Crippen LogP) is 3.01. The van der Waals surface area contributed by atoms with E-state index in [-0.39, 0.29) is 11.9 Å². The van der Waals surface area contributed by atoms with Gasteiger partial charge in [0, 0.05) is 18.4 Å². The summed E-state index contributed by atoms with van der Waals surface area (Å²) in [5.74, 6) is -0.767. The van der Waals surface area contributed by atoms with Gasteiger partial charge in [0.05, 0.1) is 16.6 Å². The van der Waals surface area contributed by atoms with Crippen LogP contribution in [0.3, 0.4) is 0 Å². The van der Waals surface area contributed by atoms with Crippen LogP contribution in [-0.2, 0) is 9.53 Å². The molecule has 0 unspecified atom stereocenters. The predicted molar refractivity (Wildman–Crippen MR) is 94.0 cm³/mol. The van der Waals surface area contributed by atoms with Crippen LogP contribution in [0.25, 0.3) is 11.0 Å². The number of hydrogen-bond acceptors (Lipinski definition) is 5. The molecule has 1 N–H and O–H groups in total. The number of esters is 1. The van der Waals surface area contributed by atoms with E-state index in [0.717, 1.165) is 25.7 Å². The van der Waals surface area contributed by atoms with Gasteiger partial charge >= 0.3 is 5.97 Å². The first-order chi connectivity index (χ1) is 12.1. The minimum atomic E-state index is -0.826. The minimum Gasteiger partial charge on any atom is -0.449 e. The molecule has 25 heavy (non-hydrogen) atoms. The number of hydrogen-bond donors (Lipinski definition) is 1. The van der Waals surface area contributed by atoms with Crippen LogP contribution >= 0.6 is 0 Å². The molecule has 1 atom stereocenters.